The minimum absolute atomic E-state index is 0.507. The number of para-hydroxylation sites is 2. The highest BCUT2D eigenvalue weighted by atomic mass is 79.9. The molecule has 3 rings (SSSR count). The number of fused-ring (bicyclic) bond motifs is 1. The van der Waals surface area contributed by atoms with Gasteiger partial charge in [-0.1, -0.05) is 40.9 Å². The molecule has 1 aromatic heterocycles. The molecule has 0 bridgehead atoms. The predicted molar refractivity (Wildman–Crippen MR) is 67.8 cm³/mol. The monoisotopic (exact) mass is 279 g/mol. The summed E-state index contributed by atoms with van der Waals surface area (Å²) in [7, 11) is 0. The Hall–Kier alpha value is -0.830. The van der Waals surface area contributed by atoms with Crippen LogP contribution in [-0.2, 0) is 6.42 Å². The summed E-state index contributed by atoms with van der Waals surface area (Å²) in [5.41, 5.74) is 1.85. The second-order valence-corrected chi connectivity index (χ2v) is 5.85. The molecular weight excluding hydrogens is 266 g/mol. The van der Waals surface area contributed by atoms with Gasteiger partial charge in [-0.2, -0.15) is 0 Å². The van der Waals surface area contributed by atoms with Gasteiger partial charge < -0.3 is 4.42 Å². The van der Waals surface area contributed by atoms with Crippen molar-refractivity contribution in [3.8, 4) is 0 Å². The molecule has 3 heteroatoms. The molecule has 0 N–H and O–H groups in total. The Morgan fingerprint density at radius 3 is 2.94 bits per heavy atom. The fourth-order valence-corrected chi connectivity index (χ4v) is 2.80. The van der Waals surface area contributed by atoms with Crippen LogP contribution in [0.4, 0.5) is 0 Å². The quantitative estimate of drug-likeness (QED) is 0.793. The highest BCUT2D eigenvalue weighted by Gasteiger charge is 2.25. The van der Waals surface area contributed by atoms with Gasteiger partial charge in [-0.3, -0.25) is 0 Å². The van der Waals surface area contributed by atoms with Gasteiger partial charge in [-0.15, -0.1) is 0 Å². The summed E-state index contributed by atoms with van der Waals surface area (Å²) < 4.78 is 5.70. The highest BCUT2D eigenvalue weighted by Crippen LogP contribution is 2.36. The van der Waals surface area contributed by atoms with E-state index in [4.69, 9.17) is 4.42 Å². The summed E-state index contributed by atoms with van der Waals surface area (Å²) in [6.45, 7) is 0. The van der Waals surface area contributed by atoms with Crippen LogP contribution in [0.1, 0.15) is 25.2 Å². The number of rotatable bonds is 4. The summed E-state index contributed by atoms with van der Waals surface area (Å²) in [4.78, 5) is 4.99. The van der Waals surface area contributed by atoms with Gasteiger partial charge in [0.05, 0.1) is 0 Å². The molecule has 16 heavy (non-hydrogen) atoms. The summed E-state index contributed by atoms with van der Waals surface area (Å²) >= 11 is 3.71. The van der Waals surface area contributed by atoms with E-state index in [1.807, 2.05) is 24.3 Å². The van der Waals surface area contributed by atoms with E-state index >= 15 is 0 Å². The normalized spacial score (nSPS) is 17.8. The van der Waals surface area contributed by atoms with Crippen molar-refractivity contribution in [1.82, 2.24) is 4.98 Å². The van der Waals surface area contributed by atoms with Crippen LogP contribution in [0, 0.1) is 5.92 Å². The summed E-state index contributed by atoms with van der Waals surface area (Å²) in [5.74, 6) is 1.79. The molecule has 0 radical (unpaired) electrons. The first-order chi connectivity index (χ1) is 7.81. The van der Waals surface area contributed by atoms with Crippen LogP contribution in [0.25, 0.3) is 11.1 Å². The SMILES string of the molecule is BrC(Cc1nc2ccccc2o1)CC1CC1. The number of aromatic nitrogens is 1. The van der Waals surface area contributed by atoms with E-state index in [9.17, 15) is 0 Å². The Bertz CT molecular complexity index is 456. The van der Waals surface area contributed by atoms with E-state index in [0.29, 0.717) is 4.83 Å². The zero-order valence-electron chi connectivity index (χ0n) is 9.03. The van der Waals surface area contributed by atoms with Crippen LogP contribution >= 0.6 is 15.9 Å². The maximum absolute atomic E-state index is 5.70. The number of hydrogen-bond donors (Lipinski definition) is 0. The molecule has 0 aliphatic heterocycles. The molecule has 1 fully saturated rings. The van der Waals surface area contributed by atoms with Crippen LogP contribution in [0.15, 0.2) is 28.7 Å². The fourth-order valence-electron chi connectivity index (χ4n) is 2.00. The Kier molecular flexibility index (Phi) is 2.72. The van der Waals surface area contributed by atoms with Crippen molar-refractivity contribution in [1.29, 1.82) is 0 Å². The molecule has 1 heterocycles. The topological polar surface area (TPSA) is 26.0 Å². The Morgan fingerprint density at radius 1 is 1.38 bits per heavy atom. The molecule has 2 aromatic rings. The van der Waals surface area contributed by atoms with Gasteiger partial charge in [-0.25, -0.2) is 4.98 Å². The highest BCUT2D eigenvalue weighted by molar-refractivity contribution is 9.09. The first kappa shape index (κ1) is 10.3. The van der Waals surface area contributed by atoms with E-state index in [1.54, 1.807) is 0 Å². The lowest BCUT2D eigenvalue weighted by molar-refractivity contribution is 0.514. The first-order valence-electron chi connectivity index (χ1n) is 5.80. The minimum atomic E-state index is 0.507. The fraction of sp³-hybridized carbons (Fsp3) is 0.462. The van der Waals surface area contributed by atoms with Gasteiger partial charge in [-0.05, 0) is 24.5 Å². The molecule has 1 aromatic carbocycles. The molecule has 1 atom stereocenters. The van der Waals surface area contributed by atoms with Gasteiger partial charge in [0, 0.05) is 11.2 Å². The second kappa shape index (κ2) is 4.21. The average Bonchev–Trinajstić information content (AvgIpc) is 2.97. The van der Waals surface area contributed by atoms with E-state index in [0.717, 1.165) is 29.3 Å². The third-order valence-electron chi connectivity index (χ3n) is 3.02. The number of benzene rings is 1. The first-order valence-corrected chi connectivity index (χ1v) is 6.71. The molecule has 1 aliphatic carbocycles. The lowest BCUT2D eigenvalue weighted by Gasteiger charge is -2.04. The van der Waals surface area contributed by atoms with Crippen LogP contribution in [0.5, 0.6) is 0 Å². The van der Waals surface area contributed by atoms with Crippen molar-refractivity contribution in [2.75, 3.05) is 0 Å². The Labute approximate surface area is 103 Å². The smallest absolute Gasteiger partial charge is 0.196 e. The van der Waals surface area contributed by atoms with E-state index in [-0.39, 0.29) is 0 Å². The van der Waals surface area contributed by atoms with Crippen molar-refractivity contribution < 1.29 is 4.42 Å². The largest absolute Gasteiger partial charge is 0.441 e. The molecule has 1 unspecified atom stereocenters. The van der Waals surface area contributed by atoms with Crippen molar-refractivity contribution in [2.24, 2.45) is 5.92 Å². The second-order valence-electron chi connectivity index (χ2n) is 4.56. The van der Waals surface area contributed by atoms with Crippen LogP contribution in [0.3, 0.4) is 0 Å². The van der Waals surface area contributed by atoms with Crippen LogP contribution in [0.2, 0.25) is 0 Å². The molecule has 1 aliphatic rings. The summed E-state index contributed by atoms with van der Waals surface area (Å²) in [5, 5.41) is 0. The lowest BCUT2D eigenvalue weighted by Crippen LogP contribution is -2.03. The van der Waals surface area contributed by atoms with Gasteiger partial charge in [0.2, 0.25) is 0 Å². The number of nitrogens with zero attached hydrogens (tertiary/aromatic N) is 1. The number of halogens is 1. The third-order valence-corrected chi connectivity index (χ3v) is 3.72. The van der Waals surface area contributed by atoms with Crippen molar-refractivity contribution >= 4 is 27.0 Å². The molecule has 2 nitrogen and oxygen atoms in total. The Balaban J connectivity index is 1.72. The molecule has 0 spiro atoms. The molecule has 0 saturated heterocycles. The maximum Gasteiger partial charge on any atom is 0.196 e. The molecule has 84 valence electrons. The minimum Gasteiger partial charge on any atom is -0.441 e. The maximum atomic E-state index is 5.70. The van der Waals surface area contributed by atoms with Gasteiger partial charge >= 0.3 is 0 Å². The third kappa shape index (κ3) is 2.29. The van der Waals surface area contributed by atoms with E-state index < -0.39 is 0 Å². The van der Waals surface area contributed by atoms with Crippen molar-refractivity contribution in [3.63, 3.8) is 0 Å². The standard InChI is InChI=1S/C13H14BrNO/c14-10(7-9-5-6-9)8-13-15-11-3-1-2-4-12(11)16-13/h1-4,9-10H,5-8H2. The zero-order valence-corrected chi connectivity index (χ0v) is 10.6. The van der Waals surface area contributed by atoms with Crippen molar-refractivity contribution in [3.05, 3.63) is 30.2 Å². The number of alkyl halides is 1. The Morgan fingerprint density at radius 2 is 2.19 bits per heavy atom. The predicted octanol–water partition coefficient (Wildman–Crippen LogP) is 3.93. The summed E-state index contributed by atoms with van der Waals surface area (Å²) in [6, 6.07) is 7.93. The van der Waals surface area contributed by atoms with Gasteiger partial charge in [0.25, 0.3) is 0 Å². The van der Waals surface area contributed by atoms with Crippen molar-refractivity contribution in [2.45, 2.75) is 30.5 Å². The van der Waals surface area contributed by atoms with Gasteiger partial charge in [0.15, 0.2) is 11.5 Å². The van der Waals surface area contributed by atoms with E-state index in [1.165, 1.54) is 19.3 Å². The number of oxazole rings is 1. The van der Waals surface area contributed by atoms with E-state index in [2.05, 4.69) is 20.9 Å². The van der Waals surface area contributed by atoms with Gasteiger partial charge in [0.1, 0.15) is 5.52 Å². The van der Waals surface area contributed by atoms with Crippen LogP contribution in [-0.4, -0.2) is 9.81 Å². The zero-order chi connectivity index (χ0) is 11.0. The van der Waals surface area contributed by atoms with Crippen LogP contribution < -0.4 is 0 Å². The number of hydrogen-bond acceptors (Lipinski definition) is 2. The average molecular weight is 280 g/mol. The molecular formula is C13H14BrNO. The molecule has 0 amide bonds. The lowest BCUT2D eigenvalue weighted by atomic mass is 10.2. The summed E-state index contributed by atoms with van der Waals surface area (Å²) in [6.07, 6.45) is 4.94. The molecule has 1 saturated carbocycles.